The second-order valence-electron chi connectivity index (χ2n) is 4.15. The molecule has 1 unspecified atom stereocenters. The number of esters is 1. The maximum atomic E-state index is 12.0. The van der Waals surface area contributed by atoms with Crippen molar-refractivity contribution < 1.29 is 14.3 Å². The van der Waals surface area contributed by atoms with E-state index in [4.69, 9.17) is 23.2 Å². The van der Waals surface area contributed by atoms with Gasteiger partial charge in [-0.15, -0.1) is 0 Å². The van der Waals surface area contributed by atoms with Gasteiger partial charge in [-0.3, -0.25) is 9.59 Å². The van der Waals surface area contributed by atoms with Gasteiger partial charge in [0.1, 0.15) is 0 Å². The van der Waals surface area contributed by atoms with E-state index < -0.39 is 11.9 Å². The zero-order valence-corrected chi connectivity index (χ0v) is 13.0. The van der Waals surface area contributed by atoms with Crippen molar-refractivity contribution in [3.8, 4) is 0 Å². The van der Waals surface area contributed by atoms with Gasteiger partial charge in [0.25, 0.3) is 0 Å². The second kappa shape index (κ2) is 5.69. The van der Waals surface area contributed by atoms with Crippen LogP contribution in [0.5, 0.6) is 0 Å². The van der Waals surface area contributed by atoms with Gasteiger partial charge in [0.2, 0.25) is 5.91 Å². The lowest BCUT2D eigenvalue weighted by atomic mass is 10.1. The lowest BCUT2D eigenvalue weighted by Crippen LogP contribution is -2.26. The van der Waals surface area contributed by atoms with Gasteiger partial charge in [0.05, 0.1) is 28.8 Å². The van der Waals surface area contributed by atoms with Crippen molar-refractivity contribution in [2.75, 3.05) is 18.6 Å². The van der Waals surface area contributed by atoms with Crippen LogP contribution in [0.1, 0.15) is 6.42 Å². The van der Waals surface area contributed by atoms with Crippen molar-refractivity contribution in [2.45, 2.75) is 6.42 Å². The molecule has 1 fully saturated rings. The average molecular weight is 367 g/mol. The third-order valence-electron chi connectivity index (χ3n) is 2.94. The smallest absolute Gasteiger partial charge is 0.311 e. The van der Waals surface area contributed by atoms with Crippen LogP contribution in [0.3, 0.4) is 0 Å². The number of halogens is 3. The van der Waals surface area contributed by atoms with E-state index in [1.54, 1.807) is 12.1 Å². The maximum Gasteiger partial charge on any atom is 0.311 e. The lowest BCUT2D eigenvalue weighted by Gasteiger charge is -2.18. The Labute approximate surface area is 128 Å². The number of rotatable bonds is 2. The number of carbonyl (C=O) groups is 2. The first-order chi connectivity index (χ1) is 8.93. The first-order valence-corrected chi connectivity index (χ1v) is 7.01. The van der Waals surface area contributed by atoms with Crippen LogP contribution >= 0.6 is 39.1 Å². The number of benzene rings is 1. The van der Waals surface area contributed by atoms with E-state index in [0.717, 1.165) is 0 Å². The van der Waals surface area contributed by atoms with Gasteiger partial charge >= 0.3 is 5.97 Å². The Kier molecular flexibility index (Phi) is 4.38. The summed E-state index contributed by atoms with van der Waals surface area (Å²) in [5.41, 5.74) is 0.506. The van der Waals surface area contributed by atoms with Gasteiger partial charge in [-0.25, -0.2) is 0 Å². The molecule has 0 N–H and O–H groups in total. The number of carbonyl (C=O) groups excluding carboxylic acids is 2. The van der Waals surface area contributed by atoms with E-state index in [9.17, 15) is 9.59 Å². The molecule has 1 amide bonds. The summed E-state index contributed by atoms with van der Waals surface area (Å²) in [6.45, 7) is 0.253. The number of methoxy groups -OCH3 is 1. The minimum atomic E-state index is -0.462. The zero-order chi connectivity index (χ0) is 14.2. The number of hydrogen-bond acceptors (Lipinski definition) is 3. The van der Waals surface area contributed by atoms with E-state index in [1.807, 2.05) is 0 Å². The summed E-state index contributed by atoms with van der Waals surface area (Å²) in [4.78, 5) is 24.9. The summed E-state index contributed by atoms with van der Waals surface area (Å²) in [5, 5.41) is 0.851. The highest BCUT2D eigenvalue weighted by Gasteiger charge is 2.36. The number of amides is 1. The van der Waals surface area contributed by atoms with Crippen molar-refractivity contribution in [1.29, 1.82) is 0 Å². The highest BCUT2D eigenvalue weighted by atomic mass is 79.9. The van der Waals surface area contributed by atoms with Crippen LogP contribution < -0.4 is 4.90 Å². The van der Waals surface area contributed by atoms with Crippen LogP contribution in [0.2, 0.25) is 10.0 Å². The van der Waals surface area contributed by atoms with Gasteiger partial charge in [-0.1, -0.05) is 23.2 Å². The van der Waals surface area contributed by atoms with Crippen molar-refractivity contribution in [3.05, 3.63) is 26.7 Å². The molecule has 1 aliphatic rings. The molecule has 1 heterocycles. The first-order valence-electron chi connectivity index (χ1n) is 5.46. The third kappa shape index (κ3) is 2.88. The standard InChI is InChI=1S/C12H10BrCl2NO3/c1-19-12(18)6-2-11(17)16(5-6)10-4-8(14)7(13)3-9(10)15/h3-4,6H,2,5H2,1H3. The van der Waals surface area contributed by atoms with Crippen molar-refractivity contribution >= 4 is 56.7 Å². The molecular formula is C12H10BrCl2NO3. The molecule has 0 radical (unpaired) electrons. The summed E-state index contributed by atoms with van der Waals surface area (Å²) >= 11 is 15.4. The van der Waals surface area contributed by atoms with Crippen LogP contribution in [0.4, 0.5) is 5.69 Å². The lowest BCUT2D eigenvalue weighted by molar-refractivity contribution is -0.145. The molecule has 19 heavy (non-hydrogen) atoms. The Morgan fingerprint density at radius 2 is 2.11 bits per heavy atom. The van der Waals surface area contributed by atoms with E-state index in [2.05, 4.69) is 20.7 Å². The Hall–Kier alpha value is -0.780. The first kappa shape index (κ1) is 14.6. The molecule has 4 nitrogen and oxygen atoms in total. The van der Waals surface area contributed by atoms with Gasteiger partial charge in [-0.05, 0) is 28.1 Å². The zero-order valence-electron chi connectivity index (χ0n) is 9.95. The molecule has 1 atom stereocenters. The Bertz CT molecular complexity index is 550. The van der Waals surface area contributed by atoms with Gasteiger partial charge < -0.3 is 9.64 Å². The Morgan fingerprint density at radius 3 is 2.74 bits per heavy atom. The quantitative estimate of drug-likeness (QED) is 0.596. The summed E-state index contributed by atoms with van der Waals surface area (Å²) in [6.07, 6.45) is 0.122. The molecule has 7 heteroatoms. The van der Waals surface area contributed by atoms with Crippen LogP contribution in [-0.4, -0.2) is 25.5 Å². The summed E-state index contributed by atoms with van der Waals surface area (Å²) in [6, 6.07) is 3.23. The number of hydrogen-bond donors (Lipinski definition) is 0. The molecule has 1 aromatic rings. The van der Waals surface area contributed by atoms with E-state index in [1.165, 1.54) is 12.0 Å². The summed E-state index contributed by atoms with van der Waals surface area (Å²) < 4.78 is 5.31. The van der Waals surface area contributed by atoms with Crippen molar-refractivity contribution in [3.63, 3.8) is 0 Å². The maximum absolute atomic E-state index is 12.0. The normalized spacial score (nSPS) is 18.8. The molecule has 102 valence electrons. The Balaban J connectivity index is 2.30. The molecule has 0 spiro atoms. The molecule has 1 aliphatic heterocycles. The molecule has 0 saturated carbocycles. The van der Waals surface area contributed by atoms with E-state index in [-0.39, 0.29) is 18.9 Å². The van der Waals surface area contributed by atoms with Crippen LogP contribution in [0.25, 0.3) is 0 Å². The van der Waals surface area contributed by atoms with Crippen LogP contribution in [0, 0.1) is 5.92 Å². The molecular weight excluding hydrogens is 357 g/mol. The van der Waals surface area contributed by atoms with Crippen LogP contribution in [-0.2, 0) is 14.3 Å². The molecule has 0 bridgehead atoms. The fourth-order valence-corrected chi connectivity index (χ4v) is 2.88. The average Bonchev–Trinajstić information content (AvgIpc) is 2.75. The van der Waals surface area contributed by atoms with Gasteiger partial charge in [0.15, 0.2) is 0 Å². The largest absolute Gasteiger partial charge is 0.469 e. The highest BCUT2D eigenvalue weighted by Crippen LogP contribution is 2.37. The Morgan fingerprint density at radius 1 is 1.42 bits per heavy atom. The fraction of sp³-hybridized carbons (Fsp3) is 0.333. The number of anilines is 1. The minimum Gasteiger partial charge on any atom is -0.469 e. The van der Waals surface area contributed by atoms with E-state index >= 15 is 0 Å². The third-order valence-corrected chi connectivity index (χ3v) is 4.44. The summed E-state index contributed by atoms with van der Waals surface area (Å²) in [5.74, 6) is -1.03. The van der Waals surface area contributed by atoms with Crippen molar-refractivity contribution in [1.82, 2.24) is 0 Å². The van der Waals surface area contributed by atoms with Gasteiger partial charge in [-0.2, -0.15) is 0 Å². The molecule has 2 rings (SSSR count). The van der Waals surface area contributed by atoms with Crippen molar-refractivity contribution in [2.24, 2.45) is 5.92 Å². The highest BCUT2D eigenvalue weighted by molar-refractivity contribution is 9.10. The van der Waals surface area contributed by atoms with Gasteiger partial charge in [0, 0.05) is 17.4 Å². The molecule has 1 aromatic carbocycles. The topological polar surface area (TPSA) is 46.6 Å². The van der Waals surface area contributed by atoms with Crippen LogP contribution in [0.15, 0.2) is 16.6 Å². The molecule has 0 aliphatic carbocycles. The predicted molar refractivity (Wildman–Crippen MR) is 76.6 cm³/mol. The SMILES string of the molecule is COC(=O)C1CC(=O)N(c2cc(Cl)c(Br)cc2Cl)C1. The summed E-state index contributed by atoms with van der Waals surface area (Å²) in [7, 11) is 1.30. The number of nitrogens with zero attached hydrogens (tertiary/aromatic N) is 1. The molecule has 0 aromatic heterocycles. The number of ether oxygens (including phenoxy) is 1. The molecule has 1 saturated heterocycles. The predicted octanol–water partition coefficient (Wildman–Crippen LogP) is 3.28. The minimum absolute atomic E-state index is 0.122. The second-order valence-corrected chi connectivity index (χ2v) is 5.82. The van der Waals surface area contributed by atoms with E-state index in [0.29, 0.717) is 20.2 Å². The monoisotopic (exact) mass is 365 g/mol. The fourth-order valence-electron chi connectivity index (χ4n) is 1.98.